The molecule has 6 heteroatoms. The van der Waals surface area contributed by atoms with Crippen molar-refractivity contribution in [3.05, 3.63) is 52.6 Å². The number of hydrogen-bond donors (Lipinski definition) is 0. The zero-order valence-electron chi connectivity index (χ0n) is 16.4. The minimum absolute atomic E-state index is 0.0165. The molecule has 146 valence electrons. The molecule has 6 nitrogen and oxygen atoms in total. The number of amides is 2. The molecule has 0 saturated carbocycles. The van der Waals surface area contributed by atoms with Crippen LogP contribution in [-0.4, -0.2) is 44.5 Å². The number of benzene rings is 2. The molecule has 0 saturated heterocycles. The molecule has 2 aromatic carbocycles. The van der Waals surface area contributed by atoms with Gasteiger partial charge in [0.15, 0.2) is 11.5 Å². The van der Waals surface area contributed by atoms with E-state index in [-0.39, 0.29) is 11.8 Å². The highest BCUT2D eigenvalue weighted by atomic mass is 16.5. The summed E-state index contributed by atoms with van der Waals surface area (Å²) in [6.07, 6.45) is 1.95. The Labute approximate surface area is 164 Å². The largest absolute Gasteiger partial charge is 0.493 e. The second-order valence-corrected chi connectivity index (χ2v) is 7.25. The molecule has 2 amide bonds. The molecule has 0 aromatic heterocycles. The van der Waals surface area contributed by atoms with Gasteiger partial charge in [-0.1, -0.05) is 0 Å². The summed E-state index contributed by atoms with van der Waals surface area (Å²) in [6.45, 7) is 1.21. The zero-order valence-corrected chi connectivity index (χ0v) is 16.4. The first-order chi connectivity index (χ1) is 13.5. The first-order valence-electron chi connectivity index (χ1n) is 9.44. The normalized spacial score (nSPS) is 15.8. The molecule has 0 bridgehead atoms. The third-order valence-electron chi connectivity index (χ3n) is 5.68. The molecule has 0 fully saturated rings. The lowest BCUT2D eigenvalue weighted by Crippen LogP contribution is -2.36. The summed E-state index contributed by atoms with van der Waals surface area (Å²) in [5.74, 6) is 1.53. The standard InChI is InChI=1S/C22H24N2O4/c1-23-18-6-4-16(10-15(18)5-7-21(23)25)22(26)24-9-8-14-11-19(27-2)20(28-3)12-17(14)13-24/h4,6,10-12H,5,7-9,13H2,1-3H3. The highest BCUT2D eigenvalue weighted by Crippen LogP contribution is 2.34. The summed E-state index contributed by atoms with van der Waals surface area (Å²) >= 11 is 0. The number of carbonyl (C=O) groups is 2. The van der Waals surface area contributed by atoms with Crippen molar-refractivity contribution < 1.29 is 19.1 Å². The number of rotatable bonds is 3. The van der Waals surface area contributed by atoms with E-state index in [1.54, 1.807) is 26.2 Å². The fourth-order valence-electron chi connectivity index (χ4n) is 4.03. The van der Waals surface area contributed by atoms with Gasteiger partial charge in [0.25, 0.3) is 5.91 Å². The van der Waals surface area contributed by atoms with Gasteiger partial charge in [-0.2, -0.15) is 0 Å². The molecular formula is C22H24N2O4. The van der Waals surface area contributed by atoms with Gasteiger partial charge in [-0.05, 0) is 59.9 Å². The van der Waals surface area contributed by atoms with Crippen LogP contribution in [0.25, 0.3) is 0 Å². The minimum atomic E-state index is 0.0165. The number of carbonyl (C=O) groups excluding carboxylic acids is 2. The van der Waals surface area contributed by atoms with Crippen LogP contribution in [0, 0.1) is 0 Å². The van der Waals surface area contributed by atoms with Crippen LogP contribution in [0.15, 0.2) is 30.3 Å². The third kappa shape index (κ3) is 3.09. The lowest BCUT2D eigenvalue weighted by Gasteiger charge is -2.30. The van der Waals surface area contributed by atoms with Crippen molar-refractivity contribution in [2.45, 2.75) is 25.8 Å². The van der Waals surface area contributed by atoms with Crippen LogP contribution in [0.5, 0.6) is 11.5 Å². The van der Waals surface area contributed by atoms with Crippen LogP contribution in [0.4, 0.5) is 5.69 Å². The van der Waals surface area contributed by atoms with Gasteiger partial charge in [-0.15, -0.1) is 0 Å². The van der Waals surface area contributed by atoms with Gasteiger partial charge in [0.05, 0.1) is 14.2 Å². The quantitative estimate of drug-likeness (QED) is 0.822. The van der Waals surface area contributed by atoms with Crippen LogP contribution >= 0.6 is 0 Å². The van der Waals surface area contributed by atoms with E-state index in [2.05, 4.69) is 0 Å². The van der Waals surface area contributed by atoms with Crippen LogP contribution in [0.1, 0.15) is 33.5 Å². The first kappa shape index (κ1) is 18.3. The maximum absolute atomic E-state index is 13.1. The van der Waals surface area contributed by atoms with Crippen LogP contribution in [0.2, 0.25) is 0 Å². The van der Waals surface area contributed by atoms with Gasteiger partial charge >= 0.3 is 0 Å². The average molecular weight is 380 g/mol. The SMILES string of the molecule is COc1cc2c(cc1OC)CN(C(=O)c1ccc3c(c1)CCC(=O)N3C)CC2. The van der Waals surface area contributed by atoms with Crippen molar-refractivity contribution in [1.29, 1.82) is 0 Å². The molecule has 2 aromatic rings. The van der Waals surface area contributed by atoms with Crippen LogP contribution < -0.4 is 14.4 Å². The fourth-order valence-corrected chi connectivity index (χ4v) is 4.03. The van der Waals surface area contributed by atoms with Crippen molar-refractivity contribution in [3.8, 4) is 11.5 Å². The van der Waals surface area contributed by atoms with Crippen molar-refractivity contribution in [3.63, 3.8) is 0 Å². The summed E-state index contributed by atoms with van der Waals surface area (Å²) in [5.41, 5.74) is 4.89. The smallest absolute Gasteiger partial charge is 0.254 e. The third-order valence-corrected chi connectivity index (χ3v) is 5.68. The second kappa shape index (κ2) is 7.19. The van der Waals surface area contributed by atoms with E-state index in [0.717, 1.165) is 29.0 Å². The first-order valence-corrected chi connectivity index (χ1v) is 9.44. The predicted molar refractivity (Wildman–Crippen MR) is 106 cm³/mol. The predicted octanol–water partition coefficient (Wildman–Crippen LogP) is 2.81. The van der Waals surface area contributed by atoms with E-state index in [1.807, 2.05) is 35.2 Å². The molecule has 0 unspecified atom stereocenters. The molecule has 2 heterocycles. The lowest BCUT2D eigenvalue weighted by atomic mass is 9.96. The topological polar surface area (TPSA) is 59.1 Å². The Morgan fingerprint density at radius 1 is 0.929 bits per heavy atom. The number of fused-ring (bicyclic) bond motifs is 2. The lowest BCUT2D eigenvalue weighted by molar-refractivity contribution is -0.118. The summed E-state index contributed by atoms with van der Waals surface area (Å²) in [5, 5.41) is 0. The molecule has 2 aliphatic heterocycles. The second-order valence-electron chi connectivity index (χ2n) is 7.25. The monoisotopic (exact) mass is 380 g/mol. The Morgan fingerprint density at radius 3 is 2.36 bits per heavy atom. The number of hydrogen-bond acceptors (Lipinski definition) is 4. The zero-order chi connectivity index (χ0) is 19.8. The van der Waals surface area contributed by atoms with Gasteiger partial charge in [-0.25, -0.2) is 0 Å². The Morgan fingerprint density at radius 2 is 1.64 bits per heavy atom. The Kier molecular flexibility index (Phi) is 4.71. The summed E-state index contributed by atoms with van der Waals surface area (Å²) in [4.78, 5) is 28.5. The van der Waals surface area contributed by atoms with Crippen LogP contribution in [0.3, 0.4) is 0 Å². The molecule has 28 heavy (non-hydrogen) atoms. The van der Waals surface area contributed by atoms with E-state index in [4.69, 9.17) is 9.47 Å². The number of methoxy groups -OCH3 is 2. The van der Waals surface area contributed by atoms with Crippen molar-refractivity contribution in [1.82, 2.24) is 4.90 Å². The molecule has 0 aliphatic carbocycles. The maximum Gasteiger partial charge on any atom is 0.254 e. The van der Waals surface area contributed by atoms with E-state index in [1.165, 1.54) is 5.56 Å². The minimum Gasteiger partial charge on any atom is -0.493 e. The fraction of sp³-hybridized carbons (Fsp3) is 0.364. The van der Waals surface area contributed by atoms with Gasteiger partial charge in [0.1, 0.15) is 0 Å². The van der Waals surface area contributed by atoms with Gasteiger partial charge < -0.3 is 19.3 Å². The summed E-state index contributed by atoms with van der Waals surface area (Å²) in [6, 6.07) is 9.60. The number of ether oxygens (including phenoxy) is 2. The maximum atomic E-state index is 13.1. The Bertz CT molecular complexity index is 954. The van der Waals surface area contributed by atoms with E-state index in [9.17, 15) is 9.59 Å². The highest BCUT2D eigenvalue weighted by Gasteiger charge is 2.26. The molecule has 0 spiro atoms. The van der Waals surface area contributed by atoms with Crippen LogP contribution in [-0.2, 0) is 24.2 Å². The number of anilines is 1. The molecule has 4 rings (SSSR count). The number of aryl methyl sites for hydroxylation is 1. The van der Waals surface area contributed by atoms with Gasteiger partial charge in [0.2, 0.25) is 5.91 Å². The highest BCUT2D eigenvalue weighted by molar-refractivity contribution is 5.99. The van der Waals surface area contributed by atoms with Crippen molar-refractivity contribution in [2.24, 2.45) is 0 Å². The average Bonchev–Trinajstić information content (AvgIpc) is 2.74. The van der Waals surface area contributed by atoms with E-state index >= 15 is 0 Å². The molecule has 0 radical (unpaired) electrons. The summed E-state index contributed by atoms with van der Waals surface area (Å²) in [7, 11) is 5.03. The Balaban J connectivity index is 1.58. The van der Waals surface area contributed by atoms with Crippen molar-refractivity contribution >= 4 is 17.5 Å². The molecule has 0 N–H and O–H groups in total. The van der Waals surface area contributed by atoms with Crippen molar-refractivity contribution in [2.75, 3.05) is 32.7 Å². The Hall–Kier alpha value is -3.02. The van der Waals surface area contributed by atoms with Gasteiger partial charge in [-0.3, -0.25) is 9.59 Å². The molecule has 0 atom stereocenters. The van der Waals surface area contributed by atoms with Gasteiger partial charge in [0, 0.05) is 37.8 Å². The number of nitrogens with zero attached hydrogens (tertiary/aromatic N) is 2. The summed E-state index contributed by atoms with van der Waals surface area (Å²) < 4.78 is 10.8. The van der Waals surface area contributed by atoms with E-state index in [0.29, 0.717) is 37.2 Å². The molecular weight excluding hydrogens is 356 g/mol. The van der Waals surface area contributed by atoms with E-state index < -0.39 is 0 Å². The molecule has 2 aliphatic rings.